The van der Waals surface area contributed by atoms with Crippen molar-refractivity contribution in [3.05, 3.63) is 0 Å². The van der Waals surface area contributed by atoms with Crippen molar-refractivity contribution in [1.82, 2.24) is 15.5 Å². The van der Waals surface area contributed by atoms with Crippen LogP contribution in [0, 0.1) is 17.8 Å². The maximum absolute atomic E-state index is 12.6. The largest absolute Gasteiger partial charge is 0.343 e. The number of Topliss-reactive ketones (excluding diaryl/α,β-unsaturated/α-hetero) is 1. The molecule has 6 nitrogen and oxygen atoms in total. The molecule has 1 saturated heterocycles. The highest BCUT2D eigenvalue weighted by Gasteiger charge is 2.54. The first-order valence-electron chi connectivity index (χ1n) is 9.81. The van der Waals surface area contributed by atoms with Crippen molar-refractivity contribution in [3.8, 4) is 0 Å². The summed E-state index contributed by atoms with van der Waals surface area (Å²) in [6.07, 6.45) is 7.32. The lowest BCUT2D eigenvalue weighted by Gasteiger charge is -2.39. The number of carbonyl (C=O) groups excluding carboxylic acids is 3. The second-order valence-corrected chi connectivity index (χ2v) is 8.73. The van der Waals surface area contributed by atoms with Crippen LogP contribution in [0.15, 0.2) is 0 Å². The summed E-state index contributed by atoms with van der Waals surface area (Å²) in [5.74, 6) is 1.90. The van der Waals surface area contributed by atoms with Gasteiger partial charge in [-0.3, -0.25) is 9.59 Å². The minimum atomic E-state index is -0.168. The molecule has 0 aromatic carbocycles. The van der Waals surface area contributed by atoms with Crippen LogP contribution in [-0.2, 0) is 9.59 Å². The minimum absolute atomic E-state index is 0.0886. The lowest BCUT2D eigenvalue weighted by Crippen LogP contribution is -2.56. The number of ketones is 1. The molecule has 6 heteroatoms. The number of carbonyl (C=O) groups is 3. The summed E-state index contributed by atoms with van der Waals surface area (Å²) in [5.41, 5.74) is -0.168. The third-order valence-electron chi connectivity index (χ3n) is 7.07. The molecule has 0 aromatic rings. The summed E-state index contributed by atoms with van der Waals surface area (Å²) in [6, 6.07) is 0.0447. The summed E-state index contributed by atoms with van der Waals surface area (Å²) < 4.78 is 0. The van der Waals surface area contributed by atoms with Crippen molar-refractivity contribution in [2.45, 2.75) is 69.9 Å². The monoisotopic (exact) mass is 347 g/mol. The second-order valence-electron chi connectivity index (χ2n) is 8.73. The van der Waals surface area contributed by atoms with Gasteiger partial charge in [0.1, 0.15) is 5.78 Å². The van der Waals surface area contributed by atoms with Crippen LogP contribution < -0.4 is 10.6 Å². The fraction of sp³-hybridized carbons (Fsp3) is 0.842. The van der Waals surface area contributed by atoms with E-state index in [9.17, 15) is 14.4 Å². The number of nitrogens with zero attached hydrogens (tertiary/aromatic N) is 1. The Hall–Kier alpha value is -1.59. The first kappa shape index (κ1) is 16.9. The molecule has 3 aliphatic carbocycles. The van der Waals surface area contributed by atoms with E-state index in [1.165, 1.54) is 0 Å². The van der Waals surface area contributed by atoms with Gasteiger partial charge < -0.3 is 15.5 Å². The molecule has 2 N–H and O–H groups in total. The summed E-state index contributed by atoms with van der Waals surface area (Å²) in [5, 5.41) is 6.38. The van der Waals surface area contributed by atoms with Crippen LogP contribution in [-0.4, -0.2) is 47.3 Å². The lowest BCUT2D eigenvalue weighted by atomic mass is 9.75. The number of hydrogen-bond donors (Lipinski definition) is 2. The van der Waals surface area contributed by atoms with Crippen LogP contribution in [0.1, 0.15) is 58.3 Å². The summed E-state index contributed by atoms with van der Waals surface area (Å²) in [4.78, 5) is 38.1. The highest BCUT2D eigenvalue weighted by molar-refractivity contribution is 5.82. The number of fused-ring (bicyclic) bond motifs is 2. The van der Waals surface area contributed by atoms with Crippen molar-refractivity contribution in [2.24, 2.45) is 17.8 Å². The van der Waals surface area contributed by atoms with Crippen molar-refractivity contribution in [2.75, 3.05) is 13.1 Å². The topological polar surface area (TPSA) is 78.5 Å². The predicted molar refractivity (Wildman–Crippen MR) is 92.9 cm³/mol. The number of nitrogens with one attached hydrogen (secondary N) is 2. The zero-order chi connectivity index (χ0) is 17.6. The summed E-state index contributed by atoms with van der Waals surface area (Å²) in [6.45, 7) is 3.02. The molecule has 4 atom stereocenters. The summed E-state index contributed by atoms with van der Waals surface area (Å²) in [7, 11) is 0. The first-order valence-corrected chi connectivity index (χ1v) is 9.81. The number of rotatable bonds is 2. The molecule has 3 bridgehead atoms. The van der Waals surface area contributed by atoms with E-state index in [1.54, 1.807) is 6.92 Å². The van der Waals surface area contributed by atoms with Gasteiger partial charge in [-0.05, 0) is 56.8 Å². The van der Waals surface area contributed by atoms with Gasteiger partial charge >= 0.3 is 6.03 Å². The van der Waals surface area contributed by atoms with Gasteiger partial charge in [0, 0.05) is 43.9 Å². The molecule has 25 heavy (non-hydrogen) atoms. The Morgan fingerprint density at radius 1 is 1.08 bits per heavy atom. The fourth-order valence-corrected chi connectivity index (χ4v) is 5.85. The van der Waals surface area contributed by atoms with Gasteiger partial charge in [-0.15, -0.1) is 0 Å². The van der Waals surface area contributed by atoms with Gasteiger partial charge in [0.05, 0.1) is 0 Å². The number of hydrogen-bond acceptors (Lipinski definition) is 3. The van der Waals surface area contributed by atoms with Gasteiger partial charge in [0.15, 0.2) is 0 Å². The Morgan fingerprint density at radius 2 is 1.80 bits per heavy atom. The van der Waals surface area contributed by atoms with Crippen molar-refractivity contribution in [1.29, 1.82) is 0 Å². The Labute approximate surface area is 149 Å². The van der Waals surface area contributed by atoms with Crippen LogP contribution in [0.4, 0.5) is 4.79 Å². The van der Waals surface area contributed by atoms with E-state index in [1.807, 2.05) is 4.90 Å². The van der Waals surface area contributed by atoms with Gasteiger partial charge in [-0.2, -0.15) is 0 Å². The number of amides is 3. The van der Waals surface area contributed by atoms with Gasteiger partial charge in [0.25, 0.3) is 0 Å². The molecule has 4 fully saturated rings. The molecule has 0 aromatic heterocycles. The highest BCUT2D eigenvalue weighted by Crippen LogP contribution is 2.54. The summed E-state index contributed by atoms with van der Waals surface area (Å²) >= 11 is 0. The standard InChI is InChI=1S/C19H29N3O3/c1-12(23)22-6-4-16(5-7-22)20-18(25)21-19-9-13-2-3-17(24)15(11-19)8-14(13)10-19/h13-16H,2-11H2,1H3,(H2,20,21,25). The smallest absolute Gasteiger partial charge is 0.315 e. The molecule has 0 radical (unpaired) electrons. The minimum Gasteiger partial charge on any atom is -0.343 e. The third kappa shape index (κ3) is 3.27. The molecule has 1 aliphatic heterocycles. The number of piperidine rings is 1. The van der Waals surface area contributed by atoms with E-state index in [-0.39, 0.29) is 29.4 Å². The van der Waals surface area contributed by atoms with Crippen LogP contribution in [0.2, 0.25) is 0 Å². The Morgan fingerprint density at radius 3 is 2.52 bits per heavy atom. The average Bonchev–Trinajstić information content (AvgIpc) is 2.76. The maximum Gasteiger partial charge on any atom is 0.315 e. The molecule has 0 spiro atoms. The van der Waals surface area contributed by atoms with Crippen molar-refractivity contribution >= 4 is 17.7 Å². The van der Waals surface area contributed by atoms with Crippen molar-refractivity contribution in [3.63, 3.8) is 0 Å². The fourth-order valence-electron chi connectivity index (χ4n) is 5.85. The van der Waals surface area contributed by atoms with Gasteiger partial charge in [-0.1, -0.05) is 0 Å². The van der Waals surface area contributed by atoms with Crippen LogP contribution in [0.5, 0.6) is 0 Å². The molecule has 1 heterocycles. The molecule has 3 saturated carbocycles. The molecule has 4 unspecified atom stereocenters. The number of likely N-dealkylation sites (tertiary alicyclic amines) is 1. The SMILES string of the molecule is CC(=O)N1CCC(NC(=O)NC23CC4CC(C2)C(CCC4=O)C3)CC1. The molecule has 3 amide bonds. The van der Waals surface area contributed by atoms with Crippen LogP contribution >= 0.6 is 0 Å². The van der Waals surface area contributed by atoms with E-state index in [4.69, 9.17) is 0 Å². The maximum atomic E-state index is 12.6. The van der Waals surface area contributed by atoms with E-state index in [0.717, 1.165) is 51.4 Å². The van der Waals surface area contributed by atoms with Gasteiger partial charge in [-0.25, -0.2) is 4.79 Å². The quantitative estimate of drug-likeness (QED) is 0.800. The molecule has 4 aliphatic rings. The normalized spacial score (nSPS) is 37.7. The number of urea groups is 1. The van der Waals surface area contributed by atoms with Crippen LogP contribution in [0.25, 0.3) is 0 Å². The van der Waals surface area contributed by atoms with E-state index in [2.05, 4.69) is 10.6 Å². The van der Waals surface area contributed by atoms with E-state index < -0.39 is 0 Å². The second kappa shape index (κ2) is 6.29. The molecule has 4 rings (SSSR count). The van der Waals surface area contributed by atoms with Crippen molar-refractivity contribution < 1.29 is 14.4 Å². The Kier molecular flexibility index (Phi) is 4.24. The molecular formula is C19H29N3O3. The zero-order valence-corrected chi connectivity index (χ0v) is 15.1. The average molecular weight is 347 g/mol. The zero-order valence-electron chi connectivity index (χ0n) is 15.1. The molecular weight excluding hydrogens is 318 g/mol. The highest BCUT2D eigenvalue weighted by atomic mass is 16.2. The third-order valence-corrected chi connectivity index (χ3v) is 7.07. The van der Waals surface area contributed by atoms with Gasteiger partial charge in [0.2, 0.25) is 5.91 Å². The Bertz CT molecular complexity index is 584. The first-order chi connectivity index (χ1) is 11.9. The Balaban J connectivity index is 1.34. The van der Waals surface area contributed by atoms with Crippen LogP contribution in [0.3, 0.4) is 0 Å². The van der Waals surface area contributed by atoms with E-state index in [0.29, 0.717) is 30.7 Å². The lowest BCUT2D eigenvalue weighted by molar-refractivity contribution is -0.130. The molecule has 138 valence electrons. The van der Waals surface area contributed by atoms with E-state index >= 15 is 0 Å². The predicted octanol–water partition coefficient (Wildman–Crippen LogP) is 1.83.